The zero-order valence-electron chi connectivity index (χ0n) is 9.40. The number of aliphatic imine (C=N–C) groups is 1. The maximum atomic E-state index is 9.09. The van der Waals surface area contributed by atoms with Crippen molar-refractivity contribution in [1.29, 1.82) is 0 Å². The molecule has 0 spiro atoms. The molecule has 0 aromatic heterocycles. The molecule has 0 heterocycles. The van der Waals surface area contributed by atoms with Crippen molar-refractivity contribution < 1.29 is 9.84 Å². The molecule has 0 aliphatic carbocycles. The normalized spacial score (nSPS) is 13.7. The van der Waals surface area contributed by atoms with Crippen LogP contribution in [0.5, 0.6) is 5.75 Å². The van der Waals surface area contributed by atoms with E-state index in [2.05, 4.69) is 11.9 Å². The van der Waals surface area contributed by atoms with Crippen LogP contribution in [0.2, 0.25) is 0 Å². The fraction of sp³-hybridized carbons (Fsp3) is 0.417. The van der Waals surface area contributed by atoms with Crippen LogP contribution in [-0.4, -0.2) is 17.1 Å². The Morgan fingerprint density at radius 1 is 1.40 bits per heavy atom. The van der Waals surface area contributed by atoms with E-state index in [-0.39, 0.29) is 11.9 Å². The van der Waals surface area contributed by atoms with Crippen LogP contribution in [0.4, 0.5) is 5.69 Å². The van der Waals surface area contributed by atoms with Gasteiger partial charge >= 0.3 is 0 Å². The lowest BCUT2D eigenvalue weighted by atomic mass is 10.3. The molecule has 1 aromatic rings. The number of phenols is 1. The first-order valence-electron chi connectivity index (χ1n) is 5.12. The highest BCUT2D eigenvalue weighted by atomic mass is 16.5. The number of rotatable bonds is 3. The van der Waals surface area contributed by atoms with E-state index in [1.807, 2.05) is 13.8 Å². The number of phenolic OH excluding ortho intramolecular Hbond substituents is 1. The Morgan fingerprint density at radius 2 is 2.00 bits per heavy atom. The van der Waals surface area contributed by atoms with Crippen molar-refractivity contribution in [3.63, 3.8) is 0 Å². The highest BCUT2D eigenvalue weighted by molar-refractivity contribution is 5.76. The molecule has 82 valence electrons. The van der Waals surface area contributed by atoms with Gasteiger partial charge in [0.15, 0.2) is 5.90 Å². The molecule has 1 unspecified atom stereocenters. The van der Waals surface area contributed by atoms with Gasteiger partial charge in [0.05, 0.1) is 11.8 Å². The lowest BCUT2D eigenvalue weighted by Crippen LogP contribution is -2.10. The summed E-state index contributed by atoms with van der Waals surface area (Å²) >= 11 is 0. The summed E-state index contributed by atoms with van der Waals surface area (Å²) < 4.78 is 5.52. The van der Waals surface area contributed by atoms with E-state index >= 15 is 0 Å². The molecule has 1 rings (SSSR count). The second-order valence-electron chi connectivity index (χ2n) is 3.48. The van der Waals surface area contributed by atoms with Crippen LogP contribution >= 0.6 is 0 Å². The second-order valence-corrected chi connectivity index (χ2v) is 3.48. The molecule has 3 heteroatoms. The minimum Gasteiger partial charge on any atom is -0.508 e. The molecule has 0 amide bonds. The van der Waals surface area contributed by atoms with Gasteiger partial charge in [-0.25, -0.2) is 4.99 Å². The monoisotopic (exact) mass is 207 g/mol. The van der Waals surface area contributed by atoms with Crippen LogP contribution in [0.15, 0.2) is 29.3 Å². The quantitative estimate of drug-likeness (QED) is 0.610. The number of aromatic hydroxyl groups is 1. The van der Waals surface area contributed by atoms with Gasteiger partial charge in [0.2, 0.25) is 0 Å². The van der Waals surface area contributed by atoms with Gasteiger partial charge in [-0.2, -0.15) is 0 Å². The number of hydrogen-bond donors (Lipinski definition) is 1. The van der Waals surface area contributed by atoms with E-state index in [1.54, 1.807) is 24.3 Å². The average molecular weight is 207 g/mol. The van der Waals surface area contributed by atoms with Crippen molar-refractivity contribution in [3.05, 3.63) is 24.3 Å². The molecule has 1 N–H and O–H groups in total. The topological polar surface area (TPSA) is 41.8 Å². The average Bonchev–Trinajstić information content (AvgIpc) is 2.21. The Kier molecular flexibility index (Phi) is 4.16. The van der Waals surface area contributed by atoms with Crippen LogP contribution in [-0.2, 0) is 4.74 Å². The van der Waals surface area contributed by atoms with Gasteiger partial charge in [0, 0.05) is 6.92 Å². The summed E-state index contributed by atoms with van der Waals surface area (Å²) in [5.74, 6) is 0.893. The maximum Gasteiger partial charge on any atom is 0.185 e. The first kappa shape index (κ1) is 11.6. The number of ether oxygens (including phenoxy) is 1. The van der Waals surface area contributed by atoms with Crippen LogP contribution in [0.3, 0.4) is 0 Å². The van der Waals surface area contributed by atoms with Crippen molar-refractivity contribution >= 4 is 11.6 Å². The Morgan fingerprint density at radius 3 is 2.53 bits per heavy atom. The van der Waals surface area contributed by atoms with Crippen LogP contribution in [0, 0.1) is 0 Å². The Balaban J connectivity index is 2.66. The molecule has 15 heavy (non-hydrogen) atoms. The molecule has 0 bridgehead atoms. The third kappa shape index (κ3) is 4.02. The van der Waals surface area contributed by atoms with Gasteiger partial charge in [0.25, 0.3) is 0 Å². The van der Waals surface area contributed by atoms with Crippen LogP contribution in [0.25, 0.3) is 0 Å². The maximum absolute atomic E-state index is 9.09. The van der Waals surface area contributed by atoms with Crippen molar-refractivity contribution in [3.8, 4) is 5.75 Å². The fourth-order valence-electron chi connectivity index (χ4n) is 1.11. The zero-order chi connectivity index (χ0) is 11.3. The van der Waals surface area contributed by atoms with Crippen molar-refractivity contribution in [2.24, 2.45) is 4.99 Å². The van der Waals surface area contributed by atoms with Gasteiger partial charge in [-0.05, 0) is 37.6 Å². The molecule has 0 aliphatic heterocycles. The van der Waals surface area contributed by atoms with Crippen molar-refractivity contribution in [2.75, 3.05) is 0 Å². The SMILES string of the molecule is CCC(C)O/C(C)=N\c1ccc(O)cc1. The van der Waals surface area contributed by atoms with E-state index in [0.29, 0.717) is 5.90 Å². The lowest BCUT2D eigenvalue weighted by Gasteiger charge is -2.11. The smallest absolute Gasteiger partial charge is 0.185 e. The summed E-state index contributed by atoms with van der Waals surface area (Å²) in [6.07, 6.45) is 1.15. The van der Waals surface area contributed by atoms with E-state index in [4.69, 9.17) is 9.84 Å². The predicted octanol–water partition coefficient (Wildman–Crippen LogP) is 3.26. The summed E-state index contributed by atoms with van der Waals surface area (Å²) in [4.78, 5) is 4.27. The predicted molar refractivity (Wildman–Crippen MR) is 61.7 cm³/mol. The largest absolute Gasteiger partial charge is 0.508 e. The van der Waals surface area contributed by atoms with Gasteiger partial charge in [-0.3, -0.25) is 0 Å². The van der Waals surface area contributed by atoms with Crippen LogP contribution in [0.1, 0.15) is 27.2 Å². The summed E-state index contributed by atoms with van der Waals surface area (Å²) in [5.41, 5.74) is 0.786. The zero-order valence-corrected chi connectivity index (χ0v) is 9.40. The second kappa shape index (κ2) is 5.39. The Bertz CT molecular complexity index is 330. The number of hydrogen-bond acceptors (Lipinski definition) is 3. The molecule has 0 fully saturated rings. The third-order valence-corrected chi connectivity index (χ3v) is 2.08. The van der Waals surface area contributed by atoms with Crippen molar-refractivity contribution in [1.82, 2.24) is 0 Å². The van der Waals surface area contributed by atoms with Gasteiger partial charge in [-0.1, -0.05) is 6.92 Å². The van der Waals surface area contributed by atoms with Gasteiger partial charge in [0.1, 0.15) is 5.75 Å². The van der Waals surface area contributed by atoms with E-state index in [0.717, 1.165) is 12.1 Å². The Hall–Kier alpha value is -1.51. The molecule has 0 aliphatic rings. The van der Waals surface area contributed by atoms with Crippen molar-refractivity contribution in [2.45, 2.75) is 33.3 Å². The summed E-state index contributed by atoms with van der Waals surface area (Å²) in [7, 11) is 0. The highest BCUT2D eigenvalue weighted by Crippen LogP contribution is 2.17. The summed E-state index contributed by atoms with van der Waals surface area (Å²) in [5, 5.41) is 9.09. The summed E-state index contributed by atoms with van der Waals surface area (Å²) in [6.45, 7) is 5.91. The molecule has 0 radical (unpaired) electrons. The highest BCUT2D eigenvalue weighted by Gasteiger charge is 2.00. The molecular formula is C12H17NO2. The van der Waals surface area contributed by atoms with Gasteiger partial charge < -0.3 is 9.84 Å². The van der Waals surface area contributed by atoms with Crippen LogP contribution < -0.4 is 0 Å². The number of nitrogens with zero attached hydrogens (tertiary/aromatic N) is 1. The minimum atomic E-state index is 0.186. The molecule has 3 nitrogen and oxygen atoms in total. The van der Waals surface area contributed by atoms with Gasteiger partial charge in [-0.15, -0.1) is 0 Å². The number of benzene rings is 1. The van der Waals surface area contributed by atoms with E-state index in [1.165, 1.54) is 0 Å². The first-order valence-corrected chi connectivity index (χ1v) is 5.12. The summed E-state index contributed by atoms with van der Waals surface area (Å²) in [6, 6.07) is 6.71. The van der Waals surface area contributed by atoms with E-state index in [9.17, 15) is 0 Å². The lowest BCUT2D eigenvalue weighted by molar-refractivity contribution is 0.202. The third-order valence-electron chi connectivity index (χ3n) is 2.08. The Labute approximate surface area is 90.4 Å². The molecule has 0 saturated carbocycles. The standard InChI is InChI=1S/C12H17NO2/c1-4-9(2)15-10(3)13-11-5-7-12(14)8-6-11/h5-9,14H,4H2,1-3H3/b13-10-. The molecule has 0 saturated heterocycles. The van der Waals surface area contributed by atoms with E-state index < -0.39 is 0 Å². The first-order chi connectivity index (χ1) is 7.11. The fourth-order valence-corrected chi connectivity index (χ4v) is 1.11. The minimum absolute atomic E-state index is 0.186. The molecule has 1 aromatic carbocycles. The molecular weight excluding hydrogens is 190 g/mol. The molecule has 1 atom stereocenters.